The van der Waals surface area contributed by atoms with E-state index in [2.05, 4.69) is 62.5 Å². The number of unbranched alkanes of at least 4 members (excludes halogenated alkanes) is 36. The van der Waals surface area contributed by atoms with Crippen molar-refractivity contribution < 1.29 is 42.9 Å². The molecule has 438 valence electrons. The van der Waals surface area contributed by atoms with Crippen LogP contribution in [-0.2, 0) is 33.3 Å². The van der Waals surface area contributed by atoms with Crippen molar-refractivity contribution in [1.29, 1.82) is 0 Å². The van der Waals surface area contributed by atoms with Crippen LogP contribution >= 0.6 is 0 Å². The fraction of sp³-hybridized carbons (Fsp3) is 0.833. The number of carbonyl (C=O) groups is 3. The van der Waals surface area contributed by atoms with Crippen molar-refractivity contribution in [3.8, 4) is 0 Å². The second-order valence-corrected chi connectivity index (χ2v) is 22.7. The Balaban J connectivity index is 4.17. The molecule has 0 N–H and O–H groups in total. The molecule has 0 aromatic rings. The van der Waals surface area contributed by atoms with E-state index < -0.39 is 24.3 Å². The third-order valence-electron chi connectivity index (χ3n) is 14.0. The molecule has 0 rings (SSSR count). The molecule has 0 saturated heterocycles. The van der Waals surface area contributed by atoms with E-state index in [-0.39, 0.29) is 32.2 Å². The smallest absolute Gasteiger partial charge is 0.306 e. The first-order chi connectivity index (χ1) is 36.6. The molecule has 0 bridgehead atoms. The highest BCUT2D eigenvalue weighted by Crippen LogP contribution is 2.17. The Labute approximate surface area is 463 Å². The number of quaternary nitrogens is 1. The zero-order chi connectivity index (χ0) is 54.8. The molecule has 0 radical (unpaired) electrons. The topological polar surface area (TPSA) is 111 Å². The van der Waals surface area contributed by atoms with Crippen LogP contribution in [0, 0.1) is 0 Å². The van der Waals surface area contributed by atoms with E-state index >= 15 is 0 Å². The number of esters is 2. The van der Waals surface area contributed by atoms with Crippen LogP contribution in [-0.4, -0.2) is 82.3 Å². The van der Waals surface area contributed by atoms with Gasteiger partial charge in [-0.05, 0) is 77.0 Å². The average molecular weight is 1060 g/mol. The van der Waals surface area contributed by atoms with Gasteiger partial charge in [0.25, 0.3) is 0 Å². The van der Waals surface area contributed by atoms with Crippen molar-refractivity contribution in [2.24, 2.45) is 0 Å². The summed E-state index contributed by atoms with van der Waals surface area (Å²) >= 11 is 0. The number of ether oxygens (including phenoxy) is 4. The highest BCUT2D eigenvalue weighted by Gasteiger charge is 2.22. The first-order valence-electron chi connectivity index (χ1n) is 31.8. The molecule has 9 heteroatoms. The quantitative estimate of drug-likeness (QED) is 0.0195. The summed E-state index contributed by atoms with van der Waals surface area (Å²) in [6.07, 6.45) is 68.8. The van der Waals surface area contributed by atoms with Crippen LogP contribution in [0.15, 0.2) is 48.6 Å². The van der Waals surface area contributed by atoms with E-state index in [0.717, 1.165) is 44.9 Å². The normalized spacial score (nSPS) is 13.0. The van der Waals surface area contributed by atoms with Gasteiger partial charge in [0.1, 0.15) is 13.2 Å². The maximum atomic E-state index is 12.9. The number of carboxylic acid groups (broad SMARTS) is 1. The molecule has 0 aliphatic heterocycles. The van der Waals surface area contributed by atoms with Gasteiger partial charge in [-0.15, -0.1) is 0 Å². The molecule has 0 aliphatic rings. The summed E-state index contributed by atoms with van der Waals surface area (Å²) < 4.78 is 22.8. The minimum absolute atomic E-state index is 0.148. The van der Waals surface area contributed by atoms with Gasteiger partial charge in [-0.1, -0.05) is 255 Å². The Hall–Kier alpha value is -2.75. The fourth-order valence-corrected chi connectivity index (χ4v) is 9.13. The minimum atomic E-state index is -1.62. The van der Waals surface area contributed by atoms with E-state index in [4.69, 9.17) is 18.9 Å². The number of aliphatic carboxylic acids is 1. The van der Waals surface area contributed by atoms with Crippen LogP contribution in [0.5, 0.6) is 0 Å². The average Bonchev–Trinajstić information content (AvgIpc) is 3.38. The fourth-order valence-electron chi connectivity index (χ4n) is 9.13. The largest absolute Gasteiger partial charge is 0.545 e. The first-order valence-corrected chi connectivity index (χ1v) is 31.8. The maximum Gasteiger partial charge on any atom is 0.306 e. The summed E-state index contributed by atoms with van der Waals surface area (Å²) in [5.41, 5.74) is 0. The predicted molar refractivity (Wildman–Crippen MR) is 315 cm³/mol. The Morgan fingerprint density at radius 3 is 1.08 bits per heavy atom. The molecule has 0 saturated carbocycles. The molecule has 0 heterocycles. The van der Waals surface area contributed by atoms with Crippen LogP contribution in [0.4, 0.5) is 0 Å². The Bertz CT molecular complexity index is 1370. The Kier molecular flexibility index (Phi) is 55.3. The van der Waals surface area contributed by atoms with Gasteiger partial charge >= 0.3 is 11.9 Å². The van der Waals surface area contributed by atoms with Gasteiger partial charge in [-0.25, -0.2) is 0 Å². The molecule has 2 atom stereocenters. The summed E-state index contributed by atoms with van der Waals surface area (Å²) in [7, 11) is 5.93. The van der Waals surface area contributed by atoms with Crippen molar-refractivity contribution in [3.63, 3.8) is 0 Å². The number of hydrogen-bond acceptors (Lipinski definition) is 8. The lowest BCUT2D eigenvalue weighted by Crippen LogP contribution is -2.44. The van der Waals surface area contributed by atoms with Crippen LogP contribution in [0.3, 0.4) is 0 Å². The molecule has 0 spiro atoms. The standard InChI is InChI=1S/C66H121NO8/c1-6-8-10-12-14-16-18-20-22-24-26-28-29-30-31-32-33-34-35-37-39-41-43-45-47-49-51-53-55-57-64(69)75-62(61-74-66(65(70)71)72-59-58-67(3,4)5)60-73-63(68)56-54-52-50-48-46-44-42-40-38-36-27-25-23-21-19-17-15-13-11-9-7-2/h18,20,24-27,29-30,62,66H,6-17,19,21-23,28,31-61H2,1-5H3/b20-18-,26-24-,27-25-,30-29-. The number of carbonyl (C=O) groups excluding carboxylic acids is 3. The highest BCUT2D eigenvalue weighted by molar-refractivity contribution is 5.70. The van der Waals surface area contributed by atoms with E-state index in [0.29, 0.717) is 23.9 Å². The lowest BCUT2D eigenvalue weighted by molar-refractivity contribution is -0.870. The van der Waals surface area contributed by atoms with Crippen molar-refractivity contribution in [2.45, 2.75) is 309 Å². The number of nitrogens with zero attached hydrogens (tertiary/aromatic N) is 1. The molecule has 0 aromatic heterocycles. The van der Waals surface area contributed by atoms with E-state index in [1.165, 1.54) is 218 Å². The first kappa shape index (κ1) is 72.2. The minimum Gasteiger partial charge on any atom is -0.545 e. The van der Waals surface area contributed by atoms with E-state index in [1.807, 2.05) is 21.1 Å². The third-order valence-corrected chi connectivity index (χ3v) is 14.0. The molecule has 0 fully saturated rings. The molecule has 9 nitrogen and oxygen atoms in total. The highest BCUT2D eigenvalue weighted by atomic mass is 16.7. The van der Waals surface area contributed by atoms with Gasteiger partial charge in [-0.3, -0.25) is 9.59 Å². The lowest BCUT2D eigenvalue weighted by atomic mass is 10.0. The van der Waals surface area contributed by atoms with E-state index in [1.54, 1.807) is 0 Å². The second-order valence-electron chi connectivity index (χ2n) is 22.7. The van der Waals surface area contributed by atoms with Gasteiger partial charge in [-0.2, -0.15) is 0 Å². The molecular formula is C66H121NO8. The number of rotatable bonds is 59. The SMILES string of the molecule is CCCCCCC/C=C\C/C=C\C/C=C\CCCCCCCCCCCCCCCCC(=O)OC(COC(=O)CCCCCCCCCCC/C=C\CCCCCCCCCC)COC(OCC[N+](C)(C)C)C(=O)[O-]. The monoisotopic (exact) mass is 1060 g/mol. The molecule has 75 heavy (non-hydrogen) atoms. The van der Waals surface area contributed by atoms with Gasteiger partial charge in [0.2, 0.25) is 0 Å². The zero-order valence-corrected chi connectivity index (χ0v) is 49.9. The summed E-state index contributed by atoms with van der Waals surface area (Å²) in [5, 5.41) is 11.8. The van der Waals surface area contributed by atoms with Crippen molar-refractivity contribution in [3.05, 3.63) is 48.6 Å². The molecule has 0 amide bonds. The van der Waals surface area contributed by atoms with Gasteiger partial charge in [0.05, 0.1) is 40.3 Å². The predicted octanol–water partition coefficient (Wildman–Crippen LogP) is 17.7. The molecular weight excluding hydrogens is 935 g/mol. The number of hydrogen-bond donors (Lipinski definition) is 0. The summed E-state index contributed by atoms with van der Waals surface area (Å²) in [5.74, 6) is -2.27. The van der Waals surface area contributed by atoms with Gasteiger partial charge in [0, 0.05) is 12.8 Å². The number of likely N-dealkylation sites (N-methyl/N-ethyl adjacent to an activating group) is 1. The zero-order valence-electron chi connectivity index (χ0n) is 49.9. The van der Waals surface area contributed by atoms with Crippen molar-refractivity contribution >= 4 is 17.9 Å². The Morgan fingerprint density at radius 2 is 0.720 bits per heavy atom. The van der Waals surface area contributed by atoms with Gasteiger partial charge < -0.3 is 33.3 Å². The van der Waals surface area contributed by atoms with Crippen LogP contribution in [0.25, 0.3) is 0 Å². The number of carboxylic acids is 1. The van der Waals surface area contributed by atoms with Crippen LogP contribution in [0.1, 0.15) is 296 Å². The summed E-state index contributed by atoms with van der Waals surface area (Å²) in [6, 6.07) is 0. The van der Waals surface area contributed by atoms with Crippen molar-refractivity contribution in [1.82, 2.24) is 0 Å². The Morgan fingerprint density at radius 1 is 0.400 bits per heavy atom. The maximum absolute atomic E-state index is 12.9. The molecule has 0 aromatic carbocycles. The van der Waals surface area contributed by atoms with Crippen LogP contribution in [0.2, 0.25) is 0 Å². The molecule has 0 aliphatic carbocycles. The van der Waals surface area contributed by atoms with Gasteiger partial charge in [0.15, 0.2) is 12.4 Å². The number of allylic oxidation sites excluding steroid dienone is 8. The summed E-state index contributed by atoms with van der Waals surface area (Å²) in [6.45, 7) is 4.77. The second kappa shape index (κ2) is 57.4. The van der Waals surface area contributed by atoms with E-state index in [9.17, 15) is 19.5 Å². The van der Waals surface area contributed by atoms with Crippen molar-refractivity contribution in [2.75, 3.05) is 47.5 Å². The summed E-state index contributed by atoms with van der Waals surface area (Å²) in [4.78, 5) is 37.4. The lowest BCUT2D eigenvalue weighted by Gasteiger charge is -2.26. The van der Waals surface area contributed by atoms with Crippen LogP contribution < -0.4 is 5.11 Å². The third kappa shape index (κ3) is 58.8. The molecule has 2 unspecified atom stereocenters.